The van der Waals surface area contributed by atoms with E-state index in [1.54, 1.807) is 24.3 Å². The number of aromatic hydroxyl groups is 1. The molecule has 0 aliphatic heterocycles. The Balaban J connectivity index is 2.80. The Bertz CT molecular complexity index is 270. The van der Waals surface area contributed by atoms with E-state index in [4.69, 9.17) is 10.8 Å². The van der Waals surface area contributed by atoms with Crippen molar-refractivity contribution in [1.29, 1.82) is 0 Å². The lowest BCUT2D eigenvalue weighted by Crippen LogP contribution is -2.08. The van der Waals surface area contributed by atoms with Crippen LogP contribution in [0, 0.1) is 0 Å². The molecule has 0 saturated heterocycles. The van der Waals surface area contributed by atoms with Gasteiger partial charge in [-0.3, -0.25) is 0 Å². The fourth-order valence-electron chi connectivity index (χ4n) is 1.07. The summed E-state index contributed by atoms with van der Waals surface area (Å²) in [5.41, 5.74) is 6.73. The summed E-state index contributed by atoms with van der Waals surface area (Å²) in [5.74, 6) is 0.256. The maximum absolute atomic E-state index is 9.15. The van der Waals surface area contributed by atoms with Crippen LogP contribution in [0.25, 0.3) is 0 Å². The van der Waals surface area contributed by atoms with Gasteiger partial charge in [0.15, 0.2) is 0 Å². The maximum Gasteiger partial charge on any atom is 0.115 e. The van der Waals surface area contributed by atoms with Crippen molar-refractivity contribution in [1.82, 2.24) is 0 Å². The van der Waals surface area contributed by atoms with Crippen molar-refractivity contribution in [2.24, 2.45) is 5.73 Å². The number of nitrogens with two attached hydrogens (primary N) is 1. The molecule has 0 aromatic heterocycles. The van der Waals surface area contributed by atoms with Gasteiger partial charge in [0.25, 0.3) is 0 Å². The smallest absolute Gasteiger partial charge is 0.115 e. The Morgan fingerprint density at radius 3 is 2.92 bits per heavy atom. The maximum atomic E-state index is 9.15. The average Bonchev–Trinajstić information content (AvgIpc) is 2.05. The second-order valence-corrected chi connectivity index (χ2v) is 2.73. The summed E-state index contributed by atoms with van der Waals surface area (Å²) in [6.07, 6.45) is 2.50. The molecule has 0 radical (unpaired) electrons. The van der Waals surface area contributed by atoms with Crippen molar-refractivity contribution in [3.63, 3.8) is 0 Å². The number of phenols is 1. The first-order valence-corrected chi connectivity index (χ1v) is 3.89. The summed E-state index contributed by atoms with van der Waals surface area (Å²) in [5, 5.41) is 9.15. The van der Waals surface area contributed by atoms with E-state index in [-0.39, 0.29) is 11.8 Å². The third-order valence-electron chi connectivity index (χ3n) is 1.72. The van der Waals surface area contributed by atoms with Crippen LogP contribution in [0.5, 0.6) is 5.75 Å². The van der Waals surface area contributed by atoms with Gasteiger partial charge in [-0.05, 0) is 24.1 Å². The highest BCUT2D eigenvalue weighted by Crippen LogP contribution is 2.18. The van der Waals surface area contributed by atoms with E-state index < -0.39 is 0 Å². The van der Waals surface area contributed by atoms with Gasteiger partial charge >= 0.3 is 0 Å². The molecule has 2 heteroatoms. The molecule has 1 aromatic carbocycles. The molecular formula is C10H13NO. The molecule has 0 amide bonds. The second-order valence-electron chi connectivity index (χ2n) is 2.73. The summed E-state index contributed by atoms with van der Waals surface area (Å²) >= 11 is 0. The van der Waals surface area contributed by atoms with Gasteiger partial charge in [-0.15, -0.1) is 6.58 Å². The SMILES string of the molecule is C=CC[C@H](N)c1cccc(O)c1. The predicted molar refractivity (Wildman–Crippen MR) is 49.8 cm³/mol. The van der Waals surface area contributed by atoms with Crippen molar-refractivity contribution in [2.75, 3.05) is 0 Å². The van der Waals surface area contributed by atoms with Gasteiger partial charge in [0.2, 0.25) is 0 Å². The minimum atomic E-state index is -0.0606. The average molecular weight is 163 g/mol. The summed E-state index contributed by atoms with van der Waals surface area (Å²) in [7, 11) is 0. The molecule has 0 heterocycles. The molecule has 0 bridgehead atoms. The molecule has 0 aliphatic carbocycles. The van der Waals surface area contributed by atoms with Crippen molar-refractivity contribution in [2.45, 2.75) is 12.5 Å². The fourth-order valence-corrected chi connectivity index (χ4v) is 1.07. The van der Waals surface area contributed by atoms with Crippen LogP contribution in [0.2, 0.25) is 0 Å². The molecule has 1 aromatic rings. The molecule has 0 aliphatic rings. The largest absolute Gasteiger partial charge is 0.508 e. The minimum absolute atomic E-state index is 0.0606. The Morgan fingerprint density at radius 2 is 2.33 bits per heavy atom. The molecule has 64 valence electrons. The molecule has 2 nitrogen and oxygen atoms in total. The number of hydrogen-bond acceptors (Lipinski definition) is 2. The number of rotatable bonds is 3. The van der Waals surface area contributed by atoms with E-state index >= 15 is 0 Å². The van der Waals surface area contributed by atoms with Crippen LogP contribution in [0.1, 0.15) is 18.0 Å². The summed E-state index contributed by atoms with van der Waals surface area (Å²) in [6.45, 7) is 3.61. The lowest BCUT2D eigenvalue weighted by atomic mass is 10.0. The summed E-state index contributed by atoms with van der Waals surface area (Å²) in [4.78, 5) is 0. The number of phenolic OH excluding ortho intramolecular Hbond substituents is 1. The summed E-state index contributed by atoms with van der Waals surface area (Å²) in [6, 6.07) is 6.93. The zero-order valence-electron chi connectivity index (χ0n) is 6.90. The van der Waals surface area contributed by atoms with Crippen molar-refractivity contribution in [3.05, 3.63) is 42.5 Å². The molecule has 12 heavy (non-hydrogen) atoms. The third-order valence-corrected chi connectivity index (χ3v) is 1.72. The quantitative estimate of drug-likeness (QED) is 0.669. The van der Waals surface area contributed by atoms with Gasteiger partial charge in [0.1, 0.15) is 5.75 Å². The van der Waals surface area contributed by atoms with E-state index in [2.05, 4.69) is 6.58 Å². The van der Waals surface area contributed by atoms with E-state index in [1.807, 2.05) is 6.07 Å². The first kappa shape index (κ1) is 8.81. The molecule has 1 atom stereocenters. The highest BCUT2D eigenvalue weighted by atomic mass is 16.3. The fraction of sp³-hybridized carbons (Fsp3) is 0.200. The predicted octanol–water partition coefficient (Wildman–Crippen LogP) is 1.97. The highest BCUT2D eigenvalue weighted by molar-refractivity contribution is 5.29. The first-order valence-electron chi connectivity index (χ1n) is 3.89. The Kier molecular flexibility index (Phi) is 2.88. The van der Waals surface area contributed by atoms with Gasteiger partial charge in [-0.2, -0.15) is 0 Å². The zero-order valence-corrected chi connectivity index (χ0v) is 6.90. The van der Waals surface area contributed by atoms with Crippen LogP contribution in [0.15, 0.2) is 36.9 Å². The highest BCUT2D eigenvalue weighted by Gasteiger charge is 2.03. The van der Waals surface area contributed by atoms with Crippen LogP contribution < -0.4 is 5.73 Å². The molecule has 0 unspecified atom stereocenters. The van der Waals surface area contributed by atoms with Gasteiger partial charge in [0.05, 0.1) is 0 Å². The first-order chi connectivity index (χ1) is 5.74. The lowest BCUT2D eigenvalue weighted by Gasteiger charge is -2.08. The van der Waals surface area contributed by atoms with E-state index in [0.717, 1.165) is 12.0 Å². The second kappa shape index (κ2) is 3.93. The summed E-state index contributed by atoms with van der Waals surface area (Å²) < 4.78 is 0. The van der Waals surface area contributed by atoms with Gasteiger partial charge in [-0.1, -0.05) is 18.2 Å². The Hall–Kier alpha value is -1.28. The standard InChI is InChI=1S/C10H13NO/c1-2-4-10(11)8-5-3-6-9(12)7-8/h2-3,5-7,10,12H,1,4,11H2/t10-/m0/s1. The van der Waals surface area contributed by atoms with E-state index in [0.29, 0.717) is 0 Å². The molecule has 0 fully saturated rings. The third kappa shape index (κ3) is 2.10. The molecular weight excluding hydrogens is 150 g/mol. The van der Waals surface area contributed by atoms with Crippen LogP contribution in [-0.4, -0.2) is 5.11 Å². The topological polar surface area (TPSA) is 46.2 Å². The van der Waals surface area contributed by atoms with Crippen molar-refractivity contribution >= 4 is 0 Å². The monoisotopic (exact) mass is 163 g/mol. The van der Waals surface area contributed by atoms with Crippen LogP contribution >= 0.6 is 0 Å². The number of benzene rings is 1. The zero-order chi connectivity index (χ0) is 8.97. The van der Waals surface area contributed by atoms with Gasteiger partial charge in [-0.25, -0.2) is 0 Å². The van der Waals surface area contributed by atoms with Crippen molar-refractivity contribution in [3.8, 4) is 5.75 Å². The lowest BCUT2D eigenvalue weighted by molar-refractivity contribution is 0.473. The van der Waals surface area contributed by atoms with Gasteiger partial charge in [0, 0.05) is 6.04 Å². The van der Waals surface area contributed by atoms with E-state index in [9.17, 15) is 0 Å². The Labute approximate surface area is 72.3 Å². The molecule has 0 saturated carbocycles. The van der Waals surface area contributed by atoms with Gasteiger partial charge < -0.3 is 10.8 Å². The normalized spacial score (nSPS) is 12.4. The number of hydrogen-bond donors (Lipinski definition) is 2. The van der Waals surface area contributed by atoms with Crippen molar-refractivity contribution < 1.29 is 5.11 Å². The van der Waals surface area contributed by atoms with Crippen LogP contribution in [0.3, 0.4) is 0 Å². The van der Waals surface area contributed by atoms with Crippen LogP contribution in [-0.2, 0) is 0 Å². The Morgan fingerprint density at radius 1 is 1.58 bits per heavy atom. The van der Waals surface area contributed by atoms with E-state index in [1.165, 1.54) is 0 Å². The molecule has 1 rings (SSSR count). The molecule has 0 spiro atoms. The minimum Gasteiger partial charge on any atom is -0.508 e. The van der Waals surface area contributed by atoms with Crippen LogP contribution in [0.4, 0.5) is 0 Å². The molecule has 3 N–H and O–H groups in total.